The van der Waals surface area contributed by atoms with Crippen LogP contribution in [0.5, 0.6) is 5.75 Å². The zero-order valence-corrected chi connectivity index (χ0v) is 17.5. The maximum Gasteiger partial charge on any atom is 0.251 e. The molecular weight excluding hydrogens is 392 g/mol. The minimum absolute atomic E-state index is 0.350. The van der Waals surface area contributed by atoms with Gasteiger partial charge in [0.2, 0.25) is 5.91 Å². The summed E-state index contributed by atoms with van der Waals surface area (Å²) >= 11 is 0. The van der Waals surface area contributed by atoms with E-state index < -0.39 is 11.8 Å². The first-order valence-corrected chi connectivity index (χ1v) is 9.73. The third kappa shape index (κ3) is 4.13. The van der Waals surface area contributed by atoms with E-state index in [-0.39, 0.29) is 0 Å². The van der Waals surface area contributed by atoms with E-state index in [4.69, 9.17) is 10.5 Å². The monoisotopic (exact) mass is 414 g/mol. The molecule has 8 nitrogen and oxygen atoms in total. The summed E-state index contributed by atoms with van der Waals surface area (Å²) in [5.74, 6) is -0.252. The lowest BCUT2D eigenvalue weighted by molar-refractivity contribution is -0.118. The molecular formula is C23H22N6O2. The second-order valence-corrected chi connectivity index (χ2v) is 7.14. The fourth-order valence-electron chi connectivity index (χ4n) is 3.45. The van der Waals surface area contributed by atoms with Crippen LogP contribution in [0.3, 0.4) is 0 Å². The van der Waals surface area contributed by atoms with E-state index in [0.717, 1.165) is 11.4 Å². The standard InChI is InChI=1S/C23H22N6O2/c1-14-12-15(2)29(28-14)23-26-19(18-6-4-5-11-25-18)13-20(27-23)21(22(24)30)16-7-9-17(31-3)10-8-16/h4-13,21H,1-3H3,(H2,24,30). The van der Waals surface area contributed by atoms with Gasteiger partial charge >= 0.3 is 0 Å². The van der Waals surface area contributed by atoms with Crippen molar-refractivity contribution in [2.24, 2.45) is 5.73 Å². The summed E-state index contributed by atoms with van der Waals surface area (Å²) < 4.78 is 6.87. The van der Waals surface area contributed by atoms with Gasteiger partial charge in [-0.3, -0.25) is 9.78 Å². The van der Waals surface area contributed by atoms with Crippen molar-refractivity contribution in [2.45, 2.75) is 19.8 Å². The molecule has 0 aliphatic rings. The number of primary amides is 1. The molecule has 156 valence electrons. The summed E-state index contributed by atoms with van der Waals surface area (Å²) in [5, 5.41) is 4.49. The molecule has 2 N–H and O–H groups in total. The van der Waals surface area contributed by atoms with Crippen molar-refractivity contribution in [1.29, 1.82) is 0 Å². The highest BCUT2D eigenvalue weighted by Crippen LogP contribution is 2.28. The van der Waals surface area contributed by atoms with Gasteiger partial charge in [-0.2, -0.15) is 5.10 Å². The lowest BCUT2D eigenvalue weighted by Crippen LogP contribution is -2.24. The maximum absolute atomic E-state index is 12.5. The average Bonchev–Trinajstić information content (AvgIpc) is 3.12. The Bertz CT molecular complexity index is 1220. The Labute approximate surface area is 179 Å². The fourth-order valence-corrected chi connectivity index (χ4v) is 3.45. The number of benzene rings is 1. The number of carbonyl (C=O) groups excluding carboxylic acids is 1. The molecule has 0 radical (unpaired) electrons. The molecule has 1 atom stereocenters. The highest BCUT2D eigenvalue weighted by atomic mass is 16.5. The van der Waals surface area contributed by atoms with Gasteiger partial charge in [-0.1, -0.05) is 18.2 Å². The normalized spacial score (nSPS) is 11.8. The predicted octanol–water partition coefficient (Wildman–Crippen LogP) is 2.97. The van der Waals surface area contributed by atoms with Crippen molar-refractivity contribution >= 4 is 5.91 Å². The van der Waals surface area contributed by atoms with Gasteiger partial charge in [0.1, 0.15) is 11.7 Å². The van der Waals surface area contributed by atoms with Crippen LogP contribution in [0.1, 0.15) is 28.6 Å². The van der Waals surface area contributed by atoms with E-state index in [2.05, 4.69) is 20.1 Å². The first-order valence-electron chi connectivity index (χ1n) is 9.73. The van der Waals surface area contributed by atoms with Crippen LogP contribution < -0.4 is 10.5 Å². The number of aryl methyl sites for hydroxylation is 2. The summed E-state index contributed by atoms with van der Waals surface area (Å²) in [4.78, 5) is 26.3. The smallest absolute Gasteiger partial charge is 0.251 e. The van der Waals surface area contributed by atoms with Gasteiger partial charge < -0.3 is 10.5 Å². The number of nitrogens with zero attached hydrogens (tertiary/aromatic N) is 5. The lowest BCUT2D eigenvalue weighted by Gasteiger charge is -2.16. The van der Waals surface area contributed by atoms with E-state index in [1.807, 2.05) is 38.1 Å². The second kappa shape index (κ2) is 8.35. The highest BCUT2D eigenvalue weighted by molar-refractivity contribution is 5.85. The SMILES string of the molecule is COc1ccc(C(C(N)=O)c2cc(-c3ccccn3)nc(-n3nc(C)cc3C)n2)cc1. The molecule has 4 aromatic rings. The largest absolute Gasteiger partial charge is 0.497 e. The number of ether oxygens (including phenoxy) is 1. The van der Waals surface area contributed by atoms with Gasteiger partial charge in [0.25, 0.3) is 5.95 Å². The third-order valence-corrected chi connectivity index (χ3v) is 4.89. The molecule has 3 heterocycles. The zero-order chi connectivity index (χ0) is 22.0. The fraction of sp³-hybridized carbons (Fsp3) is 0.174. The maximum atomic E-state index is 12.5. The number of rotatable bonds is 6. The van der Waals surface area contributed by atoms with Crippen molar-refractivity contribution in [3.63, 3.8) is 0 Å². The Morgan fingerprint density at radius 3 is 2.39 bits per heavy atom. The van der Waals surface area contributed by atoms with Crippen LogP contribution in [0.25, 0.3) is 17.3 Å². The molecule has 0 aliphatic carbocycles. The van der Waals surface area contributed by atoms with Crippen molar-refractivity contribution in [3.05, 3.63) is 83.4 Å². The number of amides is 1. The van der Waals surface area contributed by atoms with Crippen LogP contribution in [0.15, 0.2) is 60.8 Å². The van der Waals surface area contributed by atoms with Crippen molar-refractivity contribution < 1.29 is 9.53 Å². The molecule has 8 heteroatoms. The van der Waals surface area contributed by atoms with Gasteiger partial charge in [-0.15, -0.1) is 0 Å². The molecule has 0 bridgehead atoms. The van der Waals surface area contributed by atoms with Gasteiger partial charge in [-0.05, 0) is 55.8 Å². The zero-order valence-electron chi connectivity index (χ0n) is 17.5. The van der Waals surface area contributed by atoms with E-state index in [1.54, 1.807) is 48.3 Å². The Hall–Kier alpha value is -4.07. The van der Waals surface area contributed by atoms with Gasteiger partial charge in [0.05, 0.1) is 29.9 Å². The Morgan fingerprint density at radius 1 is 1.03 bits per heavy atom. The van der Waals surface area contributed by atoms with Crippen LogP contribution in [-0.2, 0) is 4.79 Å². The number of methoxy groups -OCH3 is 1. The summed E-state index contributed by atoms with van der Waals surface area (Å²) in [5.41, 5.74) is 9.94. The summed E-state index contributed by atoms with van der Waals surface area (Å²) in [6.07, 6.45) is 1.69. The third-order valence-electron chi connectivity index (χ3n) is 4.89. The number of hydrogen-bond donors (Lipinski definition) is 1. The quantitative estimate of drug-likeness (QED) is 0.520. The van der Waals surface area contributed by atoms with Crippen LogP contribution in [0.2, 0.25) is 0 Å². The number of carbonyl (C=O) groups is 1. The molecule has 1 aromatic carbocycles. The van der Waals surface area contributed by atoms with Gasteiger partial charge in [0.15, 0.2) is 0 Å². The molecule has 1 unspecified atom stereocenters. The molecule has 1 amide bonds. The molecule has 0 saturated carbocycles. The van der Waals surface area contributed by atoms with E-state index in [0.29, 0.717) is 34.3 Å². The van der Waals surface area contributed by atoms with Gasteiger partial charge in [0, 0.05) is 11.9 Å². The van der Waals surface area contributed by atoms with Crippen molar-refractivity contribution in [2.75, 3.05) is 7.11 Å². The van der Waals surface area contributed by atoms with Crippen LogP contribution in [0, 0.1) is 13.8 Å². The first-order chi connectivity index (χ1) is 15.0. The molecule has 0 saturated heterocycles. The summed E-state index contributed by atoms with van der Waals surface area (Å²) in [6.45, 7) is 3.82. The number of hydrogen-bond acceptors (Lipinski definition) is 6. The molecule has 0 spiro atoms. The number of pyridine rings is 1. The Morgan fingerprint density at radius 2 is 1.81 bits per heavy atom. The Kier molecular flexibility index (Phi) is 5.44. The number of nitrogens with two attached hydrogens (primary N) is 1. The molecule has 0 aliphatic heterocycles. The molecule has 0 fully saturated rings. The van der Waals surface area contributed by atoms with Crippen LogP contribution in [0.4, 0.5) is 0 Å². The topological polar surface area (TPSA) is 109 Å². The van der Waals surface area contributed by atoms with E-state index >= 15 is 0 Å². The highest BCUT2D eigenvalue weighted by Gasteiger charge is 2.25. The Balaban J connectivity index is 1.91. The number of aromatic nitrogens is 5. The summed E-state index contributed by atoms with van der Waals surface area (Å²) in [6, 6.07) is 16.4. The predicted molar refractivity (Wildman–Crippen MR) is 116 cm³/mol. The molecule has 3 aromatic heterocycles. The average molecular weight is 414 g/mol. The van der Waals surface area contributed by atoms with Crippen LogP contribution >= 0.6 is 0 Å². The minimum Gasteiger partial charge on any atom is -0.497 e. The molecule has 31 heavy (non-hydrogen) atoms. The van der Waals surface area contributed by atoms with Crippen molar-refractivity contribution in [3.8, 4) is 23.1 Å². The lowest BCUT2D eigenvalue weighted by atomic mass is 9.94. The molecule has 4 rings (SSSR count). The second-order valence-electron chi connectivity index (χ2n) is 7.14. The van der Waals surface area contributed by atoms with Crippen molar-refractivity contribution in [1.82, 2.24) is 24.7 Å². The van der Waals surface area contributed by atoms with Crippen LogP contribution in [-0.4, -0.2) is 37.7 Å². The van der Waals surface area contributed by atoms with E-state index in [1.165, 1.54) is 0 Å². The van der Waals surface area contributed by atoms with Gasteiger partial charge in [-0.25, -0.2) is 14.6 Å². The van der Waals surface area contributed by atoms with E-state index in [9.17, 15) is 4.79 Å². The minimum atomic E-state index is -0.771. The first kappa shape index (κ1) is 20.2. The summed E-state index contributed by atoms with van der Waals surface area (Å²) in [7, 11) is 1.59.